The second-order valence-electron chi connectivity index (χ2n) is 8.32. The van der Waals surface area contributed by atoms with Gasteiger partial charge < -0.3 is 15.3 Å². The number of anilines is 3. The van der Waals surface area contributed by atoms with Gasteiger partial charge in [0.15, 0.2) is 0 Å². The number of phenols is 1. The average Bonchev–Trinajstić information content (AvgIpc) is 3.15. The van der Waals surface area contributed by atoms with E-state index in [1.165, 1.54) is 24.3 Å². The quantitative estimate of drug-likeness (QED) is 0.347. The maximum Gasteiger partial charge on any atom is 0.416 e. The highest BCUT2D eigenvalue weighted by Gasteiger charge is 2.30. The summed E-state index contributed by atoms with van der Waals surface area (Å²) >= 11 is 0. The molecule has 1 aliphatic rings. The first-order chi connectivity index (χ1) is 17.4. The number of rotatable bonds is 7. The van der Waals surface area contributed by atoms with E-state index in [0.717, 1.165) is 43.0 Å². The van der Waals surface area contributed by atoms with Crippen molar-refractivity contribution in [2.75, 3.05) is 28.0 Å². The predicted molar refractivity (Wildman–Crippen MR) is 137 cm³/mol. The number of nitrogens with zero attached hydrogens (tertiary/aromatic N) is 1. The third-order valence-corrected chi connectivity index (χ3v) is 7.37. The number of amides is 1. The van der Waals surface area contributed by atoms with Crippen LogP contribution in [-0.4, -0.2) is 32.5 Å². The van der Waals surface area contributed by atoms with E-state index < -0.39 is 27.7 Å². The molecule has 1 aliphatic heterocycles. The third-order valence-electron chi connectivity index (χ3n) is 5.99. The van der Waals surface area contributed by atoms with Crippen LogP contribution in [0.3, 0.4) is 0 Å². The molecule has 0 aromatic heterocycles. The zero-order valence-electron chi connectivity index (χ0n) is 19.9. The van der Waals surface area contributed by atoms with Gasteiger partial charge in [-0.05, 0) is 74.5 Å². The van der Waals surface area contributed by atoms with Gasteiger partial charge in [-0.2, -0.15) is 13.2 Å². The molecule has 194 valence electrons. The molecule has 0 spiro atoms. The van der Waals surface area contributed by atoms with Crippen LogP contribution in [-0.2, 0) is 21.0 Å². The number of halogens is 3. The molecule has 0 bridgehead atoms. The minimum absolute atomic E-state index is 0.0362. The molecule has 0 radical (unpaired) electrons. The third kappa shape index (κ3) is 5.41. The molecular formula is C26H24F3N3O4S. The molecule has 1 amide bonds. The number of carbonyl (C=O) groups is 1. The molecule has 7 nitrogen and oxygen atoms in total. The van der Waals surface area contributed by atoms with Gasteiger partial charge in [-0.15, -0.1) is 0 Å². The van der Waals surface area contributed by atoms with Crippen molar-refractivity contribution in [1.29, 1.82) is 0 Å². The number of nitrogens with one attached hydrogen (secondary N) is 2. The van der Waals surface area contributed by atoms with Crippen LogP contribution in [0.5, 0.6) is 5.75 Å². The molecule has 37 heavy (non-hydrogen) atoms. The van der Waals surface area contributed by atoms with Gasteiger partial charge in [0.1, 0.15) is 5.75 Å². The lowest BCUT2D eigenvalue weighted by Crippen LogP contribution is -2.21. The molecule has 1 heterocycles. The molecule has 0 aliphatic carbocycles. The van der Waals surface area contributed by atoms with E-state index in [-0.39, 0.29) is 21.9 Å². The molecule has 0 atom stereocenters. The summed E-state index contributed by atoms with van der Waals surface area (Å²) in [6.45, 7) is 5.50. The average molecular weight is 532 g/mol. The smallest absolute Gasteiger partial charge is 0.416 e. The lowest BCUT2D eigenvalue weighted by atomic mass is 10.0. The van der Waals surface area contributed by atoms with E-state index in [2.05, 4.69) is 14.9 Å². The number of fused-ring (bicyclic) bond motifs is 1. The number of phenolic OH excluding ortho intramolecular Hbond substituents is 1. The second-order valence-corrected chi connectivity index (χ2v) is 10.00. The highest BCUT2D eigenvalue weighted by Crippen LogP contribution is 2.37. The molecule has 4 rings (SSSR count). The number of sulfonamides is 1. The van der Waals surface area contributed by atoms with Gasteiger partial charge in [-0.1, -0.05) is 0 Å². The van der Waals surface area contributed by atoms with Gasteiger partial charge >= 0.3 is 6.18 Å². The van der Waals surface area contributed by atoms with E-state index >= 15 is 0 Å². The van der Waals surface area contributed by atoms with Gasteiger partial charge in [-0.3, -0.25) is 9.52 Å². The first-order valence-electron chi connectivity index (χ1n) is 11.4. The molecule has 3 aromatic carbocycles. The number of hydrogen-bond acceptors (Lipinski definition) is 5. The first-order valence-corrected chi connectivity index (χ1v) is 12.9. The van der Waals surface area contributed by atoms with E-state index in [1.54, 1.807) is 12.1 Å². The maximum atomic E-state index is 12.9. The predicted octanol–water partition coefficient (Wildman–Crippen LogP) is 5.55. The fraction of sp³-hybridized carbons (Fsp3) is 0.192. The van der Waals surface area contributed by atoms with Crippen LogP contribution in [0, 0.1) is 0 Å². The van der Waals surface area contributed by atoms with Crippen LogP contribution in [0.25, 0.3) is 11.6 Å². The van der Waals surface area contributed by atoms with Crippen molar-refractivity contribution in [3.8, 4) is 5.75 Å². The molecule has 11 heteroatoms. The van der Waals surface area contributed by atoms with Gasteiger partial charge in [-0.25, -0.2) is 8.42 Å². The van der Waals surface area contributed by atoms with Crippen LogP contribution in [0.4, 0.5) is 30.2 Å². The second kappa shape index (κ2) is 9.81. The van der Waals surface area contributed by atoms with Crippen LogP contribution < -0.4 is 14.9 Å². The Hall–Kier alpha value is -3.99. The Morgan fingerprint density at radius 1 is 1.00 bits per heavy atom. The van der Waals surface area contributed by atoms with Crippen LogP contribution in [0.1, 0.15) is 30.5 Å². The minimum Gasteiger partial charge on any atom is -0.507 e. The minimum atomic E-state index is -4.54. The Morgan fingerprint density at radius 3 is 2.27 bits per heavy atom. The normalized spacial score (nSPS) is 14.4. The Morgan fingerprint density at radius 2 is 1.68 bits per heavy atom. The number of alkyl halides is 3. The topological polar surface area (TPSA) is 98.7 Å². The molecule has 0 saturated heterocycles. The van der Waals surface area contributed by atoms with E-state index in [4.69, 9.17) is 0 Å². The van der Waals surface area contributed by atoms with Crippen molar-refractivity contribution < 1.29 is 31.5 Å². The summed E-state index contributed by atoms with van der Waals surface area (Å²) in [5, 5.41) is 13.2. The summed E-state index contributed by atoms with van der Waals surface area (Å²) in [7, 11) is -4.18. The fourth-order valence-electron chi connectivity index (χ4n) is 4.01. The van der Waals surface area contributed by atoms with Gasteiger partial charge in [0, 0.05) is 52.9 Å². The number of carbonyl (C=O) groups excluding carboxylic acids is 1. The Kier molecular flexibility index (Phi) is 6.92. The molecule has 3 aromatic rings. The van der Waals surface area contributed by atoms with Gasteiger partial charge in [0.2, 0.25) is 0 Å². The molecule has 3 N–H and O–H groups in total. The van der Waals surface area contributed by atoms with Crippen LogP contribution in [0.15, 0.2) is 65.6 Å². The standard InChI is InChI=1S/C26H24F3N3O4S/c1-3-32(4-2)19-10-5-16(24(33)14-19)13-22-21-15-20(11-12-23(21)30-25(22)34)37(35,36)31-18-8-6-17(7-9-18)26(27,28)29/h5-15,31,33H,3-4H2,1-2H3,(H,30,34). The van der Waals surface area contributed by atoms with Crippen LogP contribution in [0.2, 0.25) is 0 Å². The van der Waals surface area contributed by atoms with E-state index in [9.17, 15) is 31.5 Å². The Balaban J connectivity index is 1.65. The Bertz CT molecular complexity index is 1480. The number of hydrogen-bond donors (Lipinski definition) is 3. The van der Waals surface area contributed by atoms with Crippen LogP contribution >= 0.6 is 0 Å². The summed E-state index contributed by atoms with van der Waals surface area (Å²) in [4.78, 5) is 14.5. The van der Waals surface area contributed by atoms with Crippen molar-refractivity contribution in [3.63, 3.8) is 0 Å². The zero-order valence-corrected chi connectivity index (χ0v) is 20.7. The fourth-order valence-corrected chi connectivity index (χ4v) is 5.10. The van der Waals surface area contributed by atoms with Gasteiger partial charge in [0.25, 0.3) is 15.9 Å². The maximum absolute atomic E-state index is 12.9. The highest BCUT2D eigenvalue weighted by atomic mass is 32.2. The summed E-state index contributed by atoms with van der Waals surface area (Å²) < 4.78 is 66.5. The lowest BCUT2D eigenvalue weighted by molar-refractivity contribution is -0.137. The largest absolute Gasteiger partial charge is 0.507 e. The highest BCUT2D eigenvalue weighted by molar-refractivity contribution is 7.92. The molecule has 0 unspecified atom stereocenters. The van der Waals surface area contributed by atoms with Crippen molar-refractivity contribution in [3.05, 3.63) is 77.4 Å². The Labute approximate surface area is 212 Å². The van der Waals surface area contributed by atoms with E-state index in [1.807, 2.05) is 19.9 Å². The van der Waals surface area contributed by atoms with Crippen molar-refractivity contribution in [2.24, 2.45) is 0 Å². The lowest BCUT2D eigenvalue weighted by Gasteiger charge is -2.21. The molecular weight excluding hydrogens is 507 g/mol. The number of aromatic hydroxyl groups is 1. The SMILES string of the molecule is CCN(CC)c1ccc(C=C2C(=O)Nc3ccc(S(=O)(=O)Nc4ccc(C(F)(F)F)cc4)cc32)c(O)c1. The van der Waals surface area contributed by atoms with Crippen molar-refractivity contribution in [2.45, 2.75) is 24.9 Å². The van der Waals surface area contributed by atoms with Crippen molar-refractivity contribution >= 4 is 44.6 Å². The zero-order chi connectivity index (χ0) is 27.0. The van der Waals surface area contributed by atoms with E-state index in [0.29, 0.717) is 16.8 Å². The molecule has 0 fully saturated rings. The van der Waals surface area contributed by atoms with Crippen molar-refractivity contribution in [1.82, 2.24) is 0 Å². The summed E-state index contributed by atoms with van der Waals surface area (Å²) in [6.07, 6.45) is -3.07. The number of benzene rings is 3. The monoisotopic (exact) mass is 531 g/mol. The first kappa shape index (κ1) is 26.1. The molecule has 0 saturated carbocycles. The summed E-state index contributed by atoms with van der Waals surface area (Å²) in [5.41, 5.74) is 1.12. The summed E-state index contributed by atoms with van der Waals surface area (Å²) in [6, 6.07) is 12.7. The summed E-state index contributed by atoms with van der Waals surface area (Å²) in [5.74, 6) is -0.502. The van der Waals surface area contributed by atoms with Gasteiger partial charge in [0.05, 0.1) is 10.5 Å².